The average molecular weight is 386 g/mol. The SMILES string of the molecule is Cc1nn(CCC(=O)O)c2nc(-c3cccnc3)cc(C(F)(F)F)c12.[Cl-]. The second-order valence-electron chi connectivity index (χ2n) is 5.45. The molecule has 0 unspecified atom stereocenters. The smallest absolute Gasteiger partial charge is 0.417 e. The Morgan fingerprint density at radius 3 is 2.65 bits per heavy atom. The molecule has 0 saturated carbocycles. The molecular weight excluding hydrogens is 373 g/mol. The Kier molecular flexibility index (Phi) is 5.50. The number of hydrogen-bond acceptors (Lipinski definition) is 4. The van der Waals surface area contributed by atoms with Crippen molar-refractivity contribution >= 4 is 17.0 Å². The van der Waals surface area contributed by atoms with Crippen molar-refractivity contribution in [1.82, 2.24) is 19.7 Å². The van der Waals surface area contributed by atoms with Gasteiger partial charge in [-0.3, -0.25) is 9.78 Å². The Labute approximate surface area is 152 Å². The maximum absolute atomic E-state index is 13.5. The molecule has 0 aliphatic carbocycles. The average Bonchev–Trinajstić information content (AvgIpc) is 2.88. The van der Waals surface area contributed by atoms with Crippen LogP contribution in [0.15, 0.2) is 30.6 Å². The fourth-order valence-corrected chi connectivity index (χ4v) is 2.60. The minimum absolute atomic E-state index is 0. The molecule has 0 aliphatic heterocycles. The van der Waals surface area contributed by atoms with Gasteiger partial charge in [0, 0.05) is 18.0 Å². The van der Waals surface area contributed by atoms with Crippen LogP contribution < -0.4 is 12.4 Å². The van der Waals surface area contributed by atoms with E-state index in [1.807, 2.05) is 0 Å². The van der Waals surface area contributed by atoms with Crippen molar-refractivity contribution in [2.24, 2.45) is 0 Å². The van der Waals surface area contributed by atoms with Gasteiger partial charge in [-0.2, -0.15) is 18.3 Å². The second-order valence-corrected chi connectivity index (χ2v) is 5.45. The molecule has 3 aromatic rings. The summed E-state index contributed by atoms with van der Waals surface area (Å²) in [5.74, 6) is -1.07. The van der Waals surface area contributed by atoms with Crippen LogP contribution in [0.5, 0.6) is 0 Å². The van der Waals surface area contributed by atoms with Crippen molar-refractivity contribution in [2.45, 2.75) is 26.1 Å². The van der Waals surface area contributed by atoms with Gasteiger partial charge in [0.05, 0.1) is 35.3 Å². The molecule has 10 heteroatoms. The monoisotopic (exact) mass is 385 g/mol. The van der Waals surface area contributed by atoms with Crippen molar-refractivity contribution in [3.8, 4) is 11.3 Å². The predicted molar refractivity (Wildman–Crippen MR) is 82.8 cm³/mol. The molecule has 3 rings (SSSR count). The predicted octanol–water partition coefficient (Wildman–Crippen LogP) is 0.299. The summed E-state index contributed by atoms with van der Waals surface area (Å²) < 4.78 is 41.8. The fourth-order valence-electron chi connectivity index (χ4n) is 2.60. The van der Waals surface area contributed by atoms with Crippen LogP contribution in [0.3, 0.4) is 0 Å². The van der Waals surface area contributed by atoms with E-state index < -0.39 is 17.7 Å². The molecule has 1 N–H and O–H groups in total. The summed E-state index contributed by atoms with van der Waals surface area (Å²) in [5.41, 5.74) is -0.163. The van der Waals surface area contributed by atoms with Gasteiger partial charge in [0.2, 0.25) is 0 Å². The molecule has 0 aliphatic rings. The van der Waals surface area contributed by atoms with Crippen molar-refractivity contribution in [2.75, 3.05) is 0 Å². The number of pyridine rings is 2. The summed E-state index contributed by atoms with van der Waals surface area (Å²) in [7, 11) is 0. The van der Waals surface area contributed by atoms with Crippen LogP contribution in [0, 0.1) is 6.92 Å². The number of nitrogens with zero attached hydrogens (tertiary/aromatic N) is 4. The third kappa shape index (κ3) is 3.77. The highest BCUT2D eigenvalue weighted by Gasteiger charge is 2.35. The molecule has 0 aromatic carbocycles. The summed E-state index contributed by atoms with van der Waals surface area (Å²) in [5, 5.41) is 12.7. The Bertz CT molecular complexity index is 942. The first-order chi connectivity index (χ1) is 11.8. The number of aryl methyl sites for hydroxylation is 2. The molecule has 0 radical (unpaired) electrons. The number of rotatable bonds is 4. The maximum atomic E-state index is 13.5. The van der Waals surface area contributed by atoms with Crippen LogP contribution in [-0.4, -0.2) is 30.8 Å². The summed E-state index contributed by atoms with van der Waals surface area (Å²) in [6.45, 7) is 1.38. The molecule has 0 spiro atoms. The van der Waals surface area contributed by atoms with Gasteiger partial charge in [0.1, 0.15) is 0 Å². The highest BCUT2D eigenvalue weighted by Crippen LogP contribution is 2.38. The summed E-state index contributed by atoms with van der Waals surface area (Å²) in [6, 6.07) is 4.17. The lowest BCUT2D eigenvalue weighted by Crippen LogP contribution is -3.00. The number of hydrogen-bond donors (Lipinski definition) is 1. The van der Waals surface area contributed by atoms with E-state index in [9.17, 15) is 18.0 Å². The second kappa shape index (κ2) is 7.28. The van der Waals surface area contributed by atoms with E-state index in [0.29, 0.717) is 5.56 Å². The molecule has 26 heavy (non-hydrogen) atoms. The first kappa shape index (κ1) is 19.6. The zero-order valence-corrected chi connectivity index (χ0v) is 14.2. The number of aliphatic carboxylic acids is 1. The van der Waals surface area contributed by atoms with E-state index >= 15 is 0 Å². The highest BCUT2D eigenvalue weighted by atomic mass is 35.5. The van der Waals surface area contributed by atoms with Crippen LogP contribution in [-0.2, 0) is 17.5 Å². The van der Waals surface area contributed by atoms with Gasteiger partial charge >= 0.3 is 12.1 Å². The van der Waals surface area contributed by atoms with E-state index in [-0.39, 0.29) is 47.8 Å². The Balaban J connectivity index is 0.00000243. The van der Waals surface area contributed by atoms with E-state index in [2.05, 4.69) is 15.1 Å². The van der Waals surface area contributed by atoms with Gasteiger partial charge in [0.25, 0.3) is 0 Å². The zero-order chi connectivity index (χ0) is 18.2. The maximum Gasteiger partial charge on any atom is 0.417 e. The van der Waals surface area contributed by atoms with E-state index in [1.165, 1.54) is 24.0 Å². The first-order valence-electron chi connectivity index (χ1n) is 7.35. The van der Waals surface area contributed by atoms with Crippen molar-refractivity contribution in [1.29, 1.82) is 0 Å². The molecule has 0 fully saturated rings. The number of fused-ring (bicyclic) bond motifs is 1. The third-order valence-corrected chi connectivity index (χ3v) is 3.68. The van der Waals surface area contributed by atoms with Gasteiger partial charge in [0.15, 0.2) is 5.65 Å². The lowest BCUT2D eigenvalue weighted by Gasteiger charge is -2.11. The molecule has 0 saturated heterocycles. The zero-order valence-electron chi connectivity index (χ0n) is 13.5. The minimum atomic E-state index is -4.59. The lowest BCUT2D eigenvalue weighted by atomic mass is 10.1. The van der Waals surface area contributed by atoms with Crippen molar-refractivity contribution in [3.05, 3.63) is 41.9 Å². The first-order valence-corrected chi connectivity index (χ1v) is 7.35. The summed E-state index contributed by atoms with van der Waals surface area (Å²) >= 11 is 0. The third-order valence-electron chi connectivity index (χ3n) is 3.68. The van der Waals surface area contributed by atoms with E-state index in [0.717, 1.165) is 6.07 Å². The topological polar surface area (TPSA) is 80.9 Å². The lowest BCUT2D eigenvalue weighted by molar-refractivity contribution is -0.137. The Hall–Kier alpha value is -2.68. The summed E-state index contributed by atoms with van der Waals surface area (Å²) in [4.78, 5) is 19.0. The molecule has 3 heterocycles. The molecule has 3 aromatic heterocycles. The number of carboxylic acids is 1. The normalized spacial score (nSPS) is 11.4. The Morgan fingerprint density at radius 1 is 1.35 bits per heavy atom. The number of aromatic nitrogens is 4. The Morgan fingerprint density at radius 2 is 2.08 bits per heavy atom. The standard InChI is InChI=1S/C16H13F3N4O2.ClH/c1-9-14-11(16(17,18)19)7-12(10-3-2-5-20-8-10)21-15(14)23(22-9)6-4-13(24)25;/h2-3,5,7-8H,4,6H2,1H3,(H,24,25);1H/p-1. The minimum Gasteiger partial charge on any atom is -1.00 e. The quantitative estimate of drug-likeness (QED) is 0.698. The molecule has 138 valence electrons. The van der Waals surface area contributed by atoms with Gasteiger partial charge < -0.3 is 17.5 Å². The number of alkyl halides is 3. The van der Waals surface area contributed by atoms with Crippen LogP contribution in [0.25, 0.3) is 22.3 Å². The number of halogens is 4. The van der Waals surface area contributed by atoms with E-state index in [4.69, 9.17) is 5.11 Å². The van der Waals surface area contributed by atoms with Crippen molar-refractivity contribution < 1.29 is 35.5 Å². The van der Waals surface area contributed by atoms with Crippen LogP contribution in [0.1, 0.15) is 17.7 Å². The van der Waals surface area contributed by atoms with Crippen LogP contribution >= 0.6 is 0 Å². The van der Waals surface area contributed by atoms with Crippen LogP contribution in [0.2, 0.25) is 0 Å². The molecular formula is C16H13ClF3N4O2-. The van der Waals surface area contributed by atoms with Gasteiger partial charge in [-0.1, -0.05) is 0 Å². The molecule has 0 atom stereocenters. The van der Waals surface area contributed by atoms with Crippen molar-refractivity contribution in [3.63, 3.8) is 0 Å². The van der Waals surface area contributed by atoms with Gasteiger partial charge in [-0.05, 0) is 25.1 Å². The summed E-state index contributed by atoms with van der Waals surface area (Å²) in [6.07, 6.45) is -1.94. The highest BCUT2D eigenvalue weighted by molar-refractivity contribution is 5.85. The molecule has 0 amide bonds. The molecule has 0 bridgehead atoms. The fraction of sp³-hybridized carbons (Fsp3) is 0.250. The van der Waals surface area contributed by atoms with Gasteiger partial charge in [-0.15, -0.1) is 0 Å². The van der Waals surface area contributed by atoms with Crippen LogP contribution in [0.4, 0.5) is 13.2 Å². The largest absolute Gasteiger partial charge is 1.00 e. The number of carbonyl (C=O) groups is 1. The van der Waals surface area contributed by atoms with Gasteiger partial charge in [-0.25, -0.2) is 9.67 Å². The number of carboxylic acid groups (broad SMARTS) is 1. The molecule has 6 nitrogen and oxygen atoms in total. The van der Waals surface area contributed by atoms with E-state index in [1.54, 1.807) is 12.1 Å².